The van der Waals surface area contributed by atoms with E-state index in [0.29, 0.717) is 0 Å². The number of hydrogen-bond acceptors (Lipinski definition) is 3. The topological polar surface area (TPSA) is 50.4 Å². The van der Waals surface area contributed by atoms with Gasteiger partial charge in [0.15, 0.2) is 0 Å². The van der Waals surface area contributed by atoms with Crippen LogP contribution in [0.15, 0.2) is 29.8 Å². The number of ether oxygens (including phenoxy) is 1. The van der Waals surface area contributed by atoms with Crippen molar-refractivity contribution in [2.75, 3.05) is 7.11 Å². The molecule has 1 aliphatic heterocycles. The van der Waals surface area contributed by atoms with Crippen LogP contribution in [0.1, 0.15) is 19.4 Å². The molecule has 1 aromatic rings. The standard InChI is InChI=1S/C13H16N2O2/c1-13(2)11(12(16)14-15-13)8-9-4-6-10(17-3)7-5-9/h4-8,15H,1-3H3,(H,14,16)/b11-8+. The third-order valence-corrected chi connectivity index (χ3v) is 2.83. The lowest BCUT2D eigenvalue weighted by molar-refractivity contribution is -0.116. The summed E-state index contributed by atoms with van der Waals surface area (Å²) in [6.45, 7) is 3.92. The van der Waals surface area contributed by atoms with Crippen LogP contribution in [-0.2, 0) is 4.79 Å². The molecule has 0 aromatic heterocycles. The number of amides is 1. The van der Waals surface area contributed by atoms with Gasteiger partial charge in [0.05, 0.1) is 12.6 Å². The Morgan fingerprint density at radius 1 is 1.24 bits per heavy atom. The van der Waals surface area contributed by atoms with Crippen molar-refractivity contribution in [3.05, 3.63) is 35.4 Å². The molecule has 4 nitrogen and oxygen atoms in total. The fourth-order valence-electron chi connectivity index (χ4n) is 1.74. The predicted octanol–water partition coefficient (Wildman–Crippen LogP) is 1.49. The minimum Gasteiger partial charge on any atom is -0.497 e. The van der Waals surface area contributed by atoms with Gasteiger partial charge in [0, 0.05) is 5.57 Å². The highest BCUT2D eigenvalue weighted by molar-refractivity contribution is 6.01. The maximum atomic E-state index is 11.7. The lowest BCUT2D eigenvalue weighted by atomic mass is 9.94. The molecule has 2 N–H and O–H groups in total. The van der Waals surface area contributed by atoms with Gasteiger partial charge >= 0.3 is 0 Å². The molecule has 0 radical (unpaired) electrons. The average Bonchev–Trinajstić information content (AvgIpc) is 2.57. The van der Waals surface area contributed by atoms with Crippen LogP contribution < -0.4 is 15.6 Å². The maximum absolute atomic E-state index is 11.7. The summed E-state index contributed by atoms with van der Waals surface area (Å²) >= 11 is 0. The van der Waals surface area contributed by atoms with Crippen LogP contribution in [0.5, 0.6) is 5.75 Å². The number of benzene rings is 1. The van der Waals surface area contributed by atoms with Gasteiger partial charge in [-0.15, -0.1) is 0 Å². The van der Waals surface area contributed by atoms with Crippen LogP contribution in [-0.4, -0.2) is 18.6 Å². The molecule has 1 heterocycles. The number of carbonyl (C=O) groups excluding carboxylic acids is 1. The van der Waals surface area contributed by atoms with Crippen LogP contribution in [0.25, 0.3) is 6.08 Å². The van der Waals surface area contributed by atoms with Gasteiger partial charge in [0.1, 0.15) is 5.75 Å². The molecule has 1 fully saturated rings. The smallest absolute Gasteiger partial charge is 0.263 e. The Hall–Kier alpha value is -1.81. The number of nitrogens with one attached hydrogen (secondary N) is 2. The fraction of sp³-hybridized carbons (Fsp3) is 0.308. The number of methoxy groups -OCH3 is 1. The summed E-state index contributed by atoms with van der Waals surface area (Å²) in [6, 6.07) is 7.60. The van der Waals surface area contributed by atoms with Crippen molar-refractivity contribution in [1.29, 1.82) is 0 Å². The Morgan fingerprint density at radius 3 is 2.35 bits per heavy atom. The first-order valence-electron chi connectivity index (χ1n) is 5.47. The van der Waals surface area contributed by atoms with Crippen LogP contribution >= 0.6 is 0 Å². The largest absolute Gasteiger partial charge is 0.497 e. The highest BCUT2D eigenvalue weighted by Crippen LogP contribution is 2.23. The van der Waals surface area contributed by atoms with Gasteiger partial charge in [-0.2, -0.15) is 0 Å². The van der Waals surface area contributed by atoms with E-state index < -0.39 is 0 Å². The second-order valence-corrected chi connectivity index (χ2v) is 4.54. The van der Waals surface area contributed by atoms with E-state index in [1.54, 1.807) is 7.11 Å². The summed E-state index contributed by atoms with van der Waals surface area (Å²) in [7, 11) is 1.63. The number of carbonyl (C=O) groups is 1. The summed E-state index contributed by atoms with van der Waals surface area (Å²) in [6.07, 6.45) is 1.88. The molecule has 0 saturated carbocycles. The van der Waals surface area contributed by atoms with Gasteiger partial charge in [-0.05, 0) is 37.6 Å². The van der Waals surface area contributed by atoms with Crippen molar-refractivity contribution in [3.8, 4) is 5.75 Å². The molecule has 0 bridgehead atoms. The first-order valence-corrected chi connectivity index (χ1v) is 5.47. The quantitative estimate of drug-likeness (QED) is 0.760. The zero-order valence-corrected chi connectivity index (χ0v) is 10.2. The number of hydrazine groups is 1. The highest BCUT2D eigenvalue weighted by atomic mass is 16.5. The van der Waals surface area contributed by atoms with Gasteiger partial charge in [-0.3, -0.25) is 10.2 Å². The summed E-state index contributed by atoms with van der Waals surface area (Å²) < 4.78 is 5.09. The van der Waals surface area contributed by atoms with Crippen molar-refractivity contribution in [2.45, 2.75) is 19.4 Å². The third kappa shape index (κ3) is 2.31. The Morgan fingerprint density at radius 2 is 1.88 bits per heavy atom. The molecule has 1 amide bonds. The van der Waals surface area contributed by atoms with Crippen molar-refractivity contribution in [1.82, 2.24) is 10.9 Å². The summed E-state index contributed by atoms with van der Waals surface area (Å²) in [4.78, 5) is 11.7. The SMILES string of the molecule is COc1ccc(/C=C2\C(=O)NNC2(C)C)cc1. The Balaban J connectivity index is 2.31. The molecular formula is C13H16N2O2. The molecule has 0 aliphatic carbocycles. The predicted molar refractivity (Wildman–Crippen MR) is 66.3 cm³/mol. The van der Waals surface area contributed by atoms with E-state index in [0.717, 1.165) is 16.9 Å². The van der Waals surface area contributed by atoms with Gasteiger partial charge in [0.25, 0.3) is 5.91 Å². The van der Waals surface area contributed by atoms with E-state index in [-0.39, 0.29) is 11.4 Å². The fourth-order valence-corrected chi connectivity index (χ4v) is 1.74. The van der Waals surface area contributed by atoms with Crippen LogP contribution in [0.3, 0.4) is 0 Å². The van der Waals surface area contributed by atoms with Crippen LogP contribution in [0, 0.1) is 0 Å². The monoisotopic (exact) mass is 232 g/mol. The number of rotatable bonds is 2. The maximum Gasteiger partial charge on any atom is 0.263 e. The molecule has 1 saturated heterocycles. The Labute approximate surface area is 101 Å². The lowest BCUT2D eigenvalue weighted by Crippen LogP contribution is -2.38. The van der Waals surface area contributed by atoms with Crippen molar-refractivity contribution >= 4 is 12.0 Å². The van der Waals surface area contributed by atoms with Crippen LogP contribution in [0.2, 0.25) is 0 Å². The molecule has 4 heteroatoms. The van der Waals surface area contributed by atoms with Gasteiger partial charge in [-0.25, -0.2) is 5.43 Å². The van der Waals surface area contributed by atoms with E-state index in [1.807, 2.05) is 44.2 Å². The minimum absolute atomic E-state index is 0.0779. The second-order valence-electron chi connectivity index (χ2n) is 4.54. The first kappa shape index (κ1) is 11.7. The molecule has 0 unspecified atom stereocenters. The van der Waals surface area contributed by atoms with E-state index in [1.165, 1.54) is 0 Å². The molecule has 90 valence electrons. The molecular weight excluding hydrogens is 216 g/mol. The lowest BCUT2D eigenvalue weighted by Gasteiger charge is -2.16. The highest BCUT2D eigenvalue weighted by Gasteiger charge is 2.34. The van der Waals surface area contributed by atoms with Crippen molar-refractivity contribution in [2.24, 2.45) is 0 Å². The Kier molecular flexibility index (Phi) is 2.90. The third-order valence-electron chi connectivity index (χ3n) is 2.83. The van der Waals surface area contributed by atoms with E-state index in [2.05, 4.69) is 10.9 Å². The van der Waals surface area contributed by atoms with Gasteiger partial charge < -0.3 is 4.74 Å². The molecule has 1 aromatic carbocycles. The van der Waals surface area contributed by atoms with E-state index >= 15 is 0 Å². The molecule has 0 atom stereocenters. The van der Waals surface area contributed by atoms with Crippen LogP contribution in [0.4, 0.5) is 0 Å². The van der Waals surface area contributed by atoms with Gasteiger partial charge in [0.2, 0.25) is 0 Å². The zero-order chi connectivity index (χ0) is 12.5. The summed E-state index contributed by atoms with van der Waals surface area (Å²) in [5.41, 5.74) is 6.92. The number of hydrogen-bond donors (Lipinski definition) is 2. The van der Waals surface area contributed by atoms with Crippen molar-refractivity contribution < 1.29 is 9.53 Å². The van der Waals surface area contributed by atoms with E-state index in [9.17, 15) is 4.79 Å². The van der Waals surface area contributed by atoms with Crippen molar-refractivity contribution in [3.63, 3.8) is 0 Å². The summed E-state index contributed by atoms with van der Waals surface area (Å²) in [5.74, 6) is 0.728. The second kappa shape index (κ2) is 4.22. The Bertz CT molecular complexity index is 461. The molecule has 17 heavy (non-hydrogen) atoms. The first-order chi connectivity index (χ1) is 8.03. The molecule has 1 aliphatic rings. The summed E-state index contributed by atoms with van der Waals surface area (Å²) in [5, 5.41) is 0. The van der Waals surface area contributed by atoms with E-state index in [4.69, 9.17) is 4.74 Å². The van der Waals surface area contributed by atoms with Gasteiger partial charge in [-0.1, -0.05) is 12.1 Å². The molecule has 0 spiro atoms. The average molecular weight is 232 g/mol. The minimum atomic E-state index is -0.350. The zero-order valence-electron chi connectivity index (χ0n) is 10.2. The molecule has 2 rings (SSSR count). The normalized spacial score (nSPS) is 20.4.